The monoisotopic (exact) mass is 540 g/mol. The number of hydrogen-bond acceptors (Lipinski definition) is 9. The minimum atomic E-state index is -3.76. The van der Waals surface area contributed by atoms with Gasteiger partial charge in [0.05, 0.1) is 37.2 Å². The number of sulfone groups is 1. The van der Waals surface area contributed by atoms with Crippen LogP contribution in [-0.4, -0.2) is 79.7 Å². The summed E-state index contributed by atoms with van der Waals surface area (Å²) in [7, 11) is -3.76. The molecule has 11 nitrogen and oxygen atoms in total. The van der Waals surface area contributed by atoms with Gasteiger partial charge in [-0.1, -0.05) is 65.8 Å². The molecule has 1 aliphatic heterocycles. The molecule has 1 fully saturated rings. The van der Waals surface area contributed by atoms with Crippen LogP contribution in [0.15, 0.2) is 65.2 Å². The van der Waals surface area contributed by atoms with Crippen molar-refractivity contribution in [2.75, 3.05) is 38.6 Å². The lowest BCUT2D eigenvalue weighted by Gasteiger charge is -2.28. The molecule has 1 aliphatic rings. The van der Waals surface area contributed by atoms with Crippen molar-refractivity contribution in [2.24, 2.45) is 5.92 Å². The molecule has 1 N–H and O–H groups in total. The fraction of sp³-hybridized carbons (Fsp3) is 0.346. The van der Waals surface area contributed by atoms with Gasteiger partial charge >= 0.3 is 0 Å². The molecule has 1 atom stereocenters. The first-order valence-electron chi connectivity index (χ1n) is 12.1. The van der Waals surface area contributed by atoms with E-state index in [0.29, 0.717) is 37.4 Å². The largest absolute Gasteiger partial charge is 0.378 e. The van der Waals surface area contributed by atoms with Gasteiger partial charge < -0.3 is 19.5 Å². The standard InChI is InChI=1S/C26H28N4O7S/c31-22(26-28-24(29-37-26)20-9-5-2-6-10-20)16-27-25(33)21(15-23(32)30-11-13-36-14-12-30)18-38(34,35)17-19-7-3-1-4-8-19/h1-10,21H,11-18H2,(H,27,33). The summed E-state index contributed by atoms with van der Waals surface area (Å²) in [6.07, 6.45) is -0.313. The summed E-state index contributed by atoms with van der Waals surface area (Å²) >= 11 is 0. The topological polar surface area (TPSA) is 149 Å². The first-order valence-corrected chi connectivity index (χ1v) is 13.9. The minimum absolute atomic E-state index is 0.223. The van der Waals surface area contributed by atoms with E-state index >= 15 is 0 Å². The number of benzene rings is 2. The summed E-state index contributed by atoms with van der Waals surface area (Å²) < 4.78 is 36.2. The molecule has 4 rings (SSSR count). The first kappa shape index (κ1) is 27.1. The molecule has 2 heterocycles. The highest BCUT2D eigenvalue weighted by atomic mass is 32.2. The molecular formula is C26H28N4O7S. The predicted molar refractivity (Wildman–Crippen MR) is 137 cm³/mol. The average molecular weight is 541 g/mol. The van der Waals surface area contributed by atoms with E-state index in [1.165, 1.54) is 0 Å². The molecule has 0 radical (unpaired) electrons. The Balaban J connectivity index is 1.42. The number of Topliss-reactive ketones (excluding diaryl/α,β-unsaturated/α-hetero) is 1. The van der Waals surface area contributed by atoms with E-state index in [0.717, 1.165) is 0 Å². The number of carbonyl (C=O) groups excluding carboxylic acids is 3. The van der Waals surface area contributed by atoms with Gasteiger partial charge in [0.25, 0.3) is 5.89 Å². The normalized spacial score (nSPS) is 14.6. The van der Waals surface area contributed by atoms with E-state index in [9.17, 15) is 22.8 Å². The SMILES string of the molecule is O=C(CNC(=O)C(CC(=O)N1CCOCC1)CS(=O)(=O)Cc1ccccc1)c1nc(-c2ccccc2)no1. The van der Waals surface area contributed by atoms with Crippen LogP contribution in [0.4, 0.5) is 0 Å². The van der Waals surface area contributed by atoms with Crippen molar-refractivity contribution in [3.8, 4) is 11.4 Å². The van der Waals surface area contributed by atoms with Crippen LogP contribution in [-0.2, 0) is 29.9 Å². The third kappa shape index (κ3) is 7.56. The van der Waals surface area contributed by atoms with Gasteiger partial charge in [-0.3, -0.25) is 14.4 Å². The molecule has 1 unspecified atom stereocenters. The van der Waals surface area contributed by atoms with Gasteiger partial charge in [0.2, 0.25) is 23.4 Å². The van der Waals surface area contributed by atoms with Crippen LogP contribution in [0.5, 0.6) is 0 Å². The van der Waals surface area contributed by atoms with Crippen molar-refractivity contribution in [1.29, 1.82) is 0 Å². The van der Waals surface area contributed by atoms with Crippen molar-refractivity contribution in [3.63, 3.8) is 0 Å². The molecule has 1 saturated heterocycles. The van der Waals surface area contributed by atoms with E-state index in [-0.39, 0.29) is 29.8 Å². The lowest BCUT2D eigenvalue weighted by molar-refractivity contribution is -0.138. The maximum Gasteiger partial charge on any atom is 0.296 e. The van der Waals surface area contributed by atoms with Crippen LogP contribution in [0, 0.1) is 5.92 Å². The molecule has 0 spiro atoms. The van der Waals surface area contributed by atoms with E-state index in [2.05, 4.69) is 15.5 Å². The molecule has 200 valence electrons. The van der Waals surface area contributed by atoms with Gasteiger partial charge in [0, 0.05) is 25.1 Å². The zero-order valence-electron chi connectivity index (χ0n) is 20.6. The molecule has 0 bridgehead atoms. The van der Waals surface area contributed by atoms with Crippen molar-refractivity contribution >= 4 is 27.4 Å². The molecular weight excluding hydrogens is 512 g/mol. The Hall–Kier alpha value is -3.90. The van der Waals surface area contributed by atoms with Crippen molar-refractivity contribution in [2.45, 2.75) is 12.2 Å². The fourth-order valence-corrected chi connectivity index (χ4v) is 5.70. The molecule has 0 saturated carbocycles. The molecule has 1 aromatic heterocycles. The van der Waals surface area contributed by atoms with Crippen LogP contribution in [0.2, 0.25) is 0 Å². The predicted octanol–water partition coefficient (Wildman–Crippen LogP) is 1.52. The van der Waals surface area contributed by atoms with Gasteiger partial charge in [0.1, 0.15) is 0 Å². The zero-order valence-corrected chi connectivity index (χ0v) is 21.4. The number of nitrogens with one attached hydrogen (secondary N) is 1. The smallest absolute Gasteiger partial charge is 0.296 e. The van der Waals surface area contributed by atoms with Crippen molar-refractivity contribution < 1.29 is 32.1 Å². The van der Waals surface area contributed by atoms with Gasteiger partial charge in [-0.05, 0) is 5.56 Å². The number of nitrogens with zero attached hydrogens (tertiary/aromatic N) is 3. The summed E-state index contributed by atoms with van der Waals surface area (Å²) in [6, 6.07) is 17.5. The van der Waals surface area contributed by atoms with E-state index in [4.69, 9.17) is 9.26 Å². The lowest BCUT2D eigenvalue weighted by Crippen LogP contribution is -2.44. The Morgan fingerprint density at radius 2 is 1.63 bits per heavy atom. The Kier molecular flexibility index (Phi) is 8.98. The second-order valence-electron chi connectivity index (χ2n) is 8.86. The Morgan fingerprint density at radius 3 is 2.32 bits per heavy atom. The number of aromatic nitrogens is 2. The summed E-state index contributed by atoms with van der Waals surface area (Å²) in [5.41, 5.74) is 1.23. The van der Waals surface area contributed by atoms with E-state index < -0.39 is 39.7 Å². The molecule has 2 aromatic carbocycles. The van der Waals surface area contributed by atoms with Crippen molar-refractivity contribution in [3.05, 3.63) is 72.1 Å². The number of rotatable bonds is 11. The van der Waals surface area contributed by atoms with E-state index in [1.54, 1.807) is 59.5 Å². The third-order valence-electron chi connectivity index (χ3n) is 5.96. The maximum absolute atomic E-state index is 13.1. The zero-order chi connectivity index (χ0) is 27.0. The Bertz CT molecular complexity index is 1350. The fourth-order valence-electron chi connectivity index (χ4n) is 4.00. The number of ether oxygens (including phenoxy) is 1. The highest BCUT2D eigenvalue weighted by Crippen LogP contribution is 2.17. The van der Waals surface area contributed by atoms with Crippen LogP contribution >= 0.6 is 0 Å². The highest BCUT2D eigenvalue weighted by Gasteiger charge is 2.31. The number of morpholine rings is 1. The molecule has 12 heteroatoms. The van der Waals surface area contributed by atoms with Crippen LogP contribution < -0.4 is 5.32 Å². The lowest BCUT2D eigenvalue weighted by atomic mass is 10.1. The van der Waals surface area contributed by atoms with Crippen LogP contribution in [0.1, 0.15) is 22.7 Å². The second-order valence-corrected chi connectivity index (χ2v) is 11.0. The minimum Gasteiger partial charge on any atom is -0.378 e. The highest BCUT2D eigenvalue weighted by molar-refractivity contribution is 7.90. The van der Waals surface area contributed by atoms with E-state index in [1.807, 2.05) is 6.07 Å². The van der Waals surface area contributed by atoms with Crippen molar-refractivity contribution in [1.82, 2.24) is 20.4 Å². The molecule has 0 aliphatic carbocycles. The summed E-state index contributed by atoms with van der Waals surface area (Å²) in [5.74, 6) is -3.78. The number of hydrogen-bond donors (Lipinski definition) is 1. The summed E-state index contributed by atoms with van der Waals surface area (Å²) in [4.78, 5) is 44.1. The average Bonchev–Trinajstić information content (AvgIpc) is 3.43. The summed E-state index contributed by atoms with van der Waals surface area (Å²) in [5, 5.41) is 6.24. The molecule has 38 heavy (non-hydrogen) atoms. The van der Waals surface area contributed by atoms with Gasteiger partial charge in [-0.2, -0.15) is 4.98 Å². The number of amides is 2. The number of carbonyl (C=O) groups is 3. The maximum atomic E-state index is 13.1. The molecule has 3 aromatic rings. The van der Waals surface area contributed by atoms with Gasteiger partial charge in [-0.25, -0.2) is 8.42 Å². The van der Waals surface area contributed by atoms with Crippen LogP contribution in [0.3, 0.4) is 0 Å². The van der Waals surface area contributed by atoms with Gasteiger partial charge in [-0.15, -0.1) is 0 Å². The Labute approximate surface area is 220 Å². The second kappa shape index (κ2) is 12.6. The Morgan fingerprint density at radius 1 is 0.974 bits per heavy atom. The summed E-state index contributed by atoms with van der Waals surface area (Å²) in [6.45, 7) is 0.986. The van der Waals surface area contributed by atoms with Gasteiger partial charge in [0.15, 0.2) is 9.84 Å². The van der Waals surface area contributed by atoms with Crippen LogP contribution in [0.25, 0.3) is 11.4 Å². The number of ketones is 1. The third-order valence-corrected chi connectivity index (χ3v) is 7.64. The first-order chi connectivity index (χ1) is 18.3. The quantitative estimate of drug-likeness (QED) is 0.357. The molecule has 2 amide bonds.